The third kappa shape index (κ3) is 3.32. The lowest BCUT2D eigenvalue weighted by molar-refractivity contribution is 0.0736. The number of aryl methyl sites for hydroxylation is 2. The number of methoxy groups -OCH3 is 2. The topological polar surface area (TPSA) is 69.5 Å². The Hall–Kier alpha value is -3.09. The molecule has 3 aromatic rings. The van der Waals surface area contributed by atoms with Gasteiger partial charge in [0.25, 0.3) is 5.91 Å². The van der Waals surface area contributed by atoms with Crippen molar-refractivity contribution < 1.29 is 14.3 Å². The minimum absolute atomic E-state index is 0.0297. The second-order valence-electron chi connectivity index (χ2n) is 8.54. The number of benzene rings is 1. The summed E-state index contributed by atoms with van der Waals surface area (Å²) in [6.45, 7) is 2.67. The molecular weight excluding hydrogens is 392 g/mol. The summed E-state index contributed by atoms with van der Waals surface area (Å²) in [5.41, 5.74) is 4.38. The van der Waals surface area contributed by atoms with E-state index in [0.717, 1.165) is 77.3 Å². The van der Waals surface area contributed by atoms with Crippen LogP contribution in [0.25, 0.3) is 11.0 Å². The molecule has 3 heterocycles. The van der Waals surface area contributed by atoms with Crippen molar-refractivity contribution in [1.82, 2.24) is 19.7 Å². The summed E-state index contributed by atoms with van der Waals surface area (Å²) in [5, 5.41) is 5.42. The minimum Gasteiger partial charge on any atom is -0.497 e. The van der Waals surface area contributed by atoms with Crippen molar-refractivity contribution in [2.24, 2.45) is 7.05 Å². The van der Waals surface area contributed by atoms with Crippen molar-refractivity contribution >= 4 is 16.9 Å². The summed E-state index contributed by atoms with van der Waals surface area (Å²) < 4.78 is 12.8. The first-order chi connectivity index (χ1) is 15.0. The Balaban J connectivity index is 1.58. The smallest absolute Gasteiger partial charge is 0.255 e. The van der Waals surface area contributed by atoms with Crippen molar-refractivity contribution in [3.05, 3.63) is 46.8 Å². The number of hydrogen-bond donors (Lipinski definition) is 0. The molecule has 1 atom stereocenters. The molecule has 5 rings (SSSR count). The highest BCUT2D eigenvalue weighted by Gasteiger charge is 2.35. The number of fused-ring (bicyclic) bond motifs is 1. The molecule has 0 bridgehead atoms. The standard InChI is InChI=1S/C24H28N4O3/c1-14-22-18(13-19(15-7-8-15)25-23(22)27(2)26-14)24(29)28-11-5-6-20(28)17-10-9-16(30-3)12-21(17)31-4/h9-10,12-13,15,20H,5-8,11H2,1-4H3. The van der Waals surface area contributed by atoms with Gasteiger partial charge in [0.1, 0.15) is 11.5 Å². The fourth-order valence-electron chi connectivity index (χ4n) is 4.80. The lowest BCUT2D eigenvalue weighted by Crippen LogP contribution is -2.31. The first-order valence-corrected chi connectivity index (χ1v) is 10.9. The number of carbonyl (C=O) groups is 1. The lowest BCUT2D eigenvalue weighted by Gasteiger charge is -2.27. The van der Waals surface area contributed by atoms with Gasteiger partial charge >= 0.3 is 0 Å². The quantitative estimate of drug-likeness (QED) is 0.620. The molecule has 1 amide bonds. The van der Waals surface area contributed by atoms with E-state index in [2.05, 4.69) is 5.10 Å². The zero-order chi connectivity index (χ0) is 21.7. The van der Waals surface area contributed by atoms with Gasteiger partial charge in [0.05, 0.1) is 36.9 Å². The van der Waals surface area contributed by atoms with E-state index < -0.39 is 0 Å². The monoisotopic (exact) mass is 420 g/mol. The fourth-order valence-corrected chi connectivity index (χ4v) is 4.80. The average molecular weight is 421 g/mol. The molecule has 162 valence electrons. The Labute approximate surface area is 182 Å². The SMILES string of the molecule is COc1ccc(C2CCCN2C(=O)c2cc(C3CC3)nc3c2c(C)nn3C)c(OC)c1. The van der Waals surface area contributed by atoms with Crippen LogP contribution < -0.4 is 9.47 Å². The number of ether oxygens (including phenoxy) is 2. The summed E-state index contributed by atoms with van der Waals surface area (Å²) >= 11 is 0. The van der Waals surface area contributed by atoms with Crippen molar-refractivity contribution in [3.8, 4) is 11.5 Å². The molecule has 1 saturated heterocycles. The second kappa shape index (κ2) is 7.55. The number of hydrogen-bond acceptors (Lipinski definition) is 5. The van der Waals surface area contributed by atoms with Gasteiger partial charge in [-0.1, -0.05) is 0 Å². The molecule has 2 aliphatic rings. The molecule has 31 heavy (non-hydrogen) atoms. The van der Waals surface area contributed by atoms with Gasteiger partial charge in [-0.05, 0) is 50.8 Å². The predicted molar refractivity (Wildman–Crippen MR) is 118 cm³/mol. The van der Waals surface area contributed by atoms with Crippen LogP contribution in [0.2, 0.25) is 0 Å². The van der Waals surface area contributed by atoms with Crippen LogP contribution in [-0.2, 0) is 7.05 Å². The van der Waals surface area contributed by atoms with Crippen LogP contribution in [0.5, 0.6) is 11.5 Å². The van der Waals surface area contributed by atoms with E-state index in [1.165, 1.54) is 0 Å². The second-order valence-corrected chi connectivity index (χ2v) is 8.54. The van der Waals surface area contributed by atoms with E-state index in [-0.39, 0.29) is 11.9 Å². The molecule has 1 saturated carbocycles. The Morgan fingerprint density at radius 1 is 1.13 bits per heavy atom. The third-order valence-corrected chi connectivity index (χ3v) is 6.53. The van der Waals surface area contributed by atoms with Gasteiger partial charge in [-0.25, -0.2) is 4.98 Å². The van der Waals surface area contributed by atoms with Crippen LogP contribution in [-0.4, -0.2) is 46.3 Å². The molecular formula is C24H28N4O3. The van der Waals surface area contributed by atoms with E-state index in [0.29, 0.717) is 5.92 Å². The molecule has 1 aliphatic carbocycles. The Kier molecular flexibility index (Phi) is 4.84. The largest absolute Gasteiger partial charge is 0.497 e. The highest BCUT2D eigenvalue weighted by Crippen LogP contribution is 2.42. The van der Waals surface area contributed by atoms with Gasteiger partial charge in [-0.15, -0.1) is 0 Å². The Morgan fingerprint density at radius 3 is 2.65 bits per heavy atom. The zero-order valence-corrected chi connectivity index (χ0v) is 18.5. The first kappa shape index (κ1) is 19.8. The summed E-state index contributed by atoms with van der Waals surface area (Å²) in [5.74, 6) is 2.00. The normalized spacial score (nSPS) is 18.6. The maximum absolute atomic E-state index is 13.9. The predicted octanol–water partition coefficient (Wildman–Crippen LogP) is 4.15. The van der Waals surface area contributed by atoms with Gasteiger partial charge in [-0.2, -0.15) is 5.10 Å². The Morgan fingerprint density at radius 2 is 1.94 bits per heavy atom. The molecule has 2 aromatic heterocycles. The molecule has 7 heteroatoms. The summed E-state index contributed by atoms with van der Waals surface area (Å²) in [6.07, 6.45) is 4.14. The van der Waals surface area contributed by atoms with Gasteiger partial charge < -0.3 is 14.4 Å². The number of aromatic nitrogens is 3. The molecule has 1 aromatic carbocycles. The van der Waals surface area contributed by atoms with E-state index in [1.54, 1.807) is 18.9 Å². The van der Waals surface area contributed by atoms with Crippen LogP contribution in [0.4, 0.5) is 0 Å². The summed E-state index contributed by atoms with van der Waals surface area (Å²) in [7, 11) is 5.20. The Bertz CT molecular complexity index is 1170. The molecule has 1 unspecified atom stereocenters. The van der Waals surface area contributed by atoms with Gasteiger partial charge in [0, 0.05) is 36.8 Å². The van der Waals surface area contributed by atoms with Gasteiger partial charge in [-0.3, -0.25) is 9.48 Å². The molecule has 0 spiro atoms. The molecule has 0 radical (unpaired) electrons. The highest BCUT2D eigenvalue weighted by atomic mass is 16.5. The minimum atomic E-state index is -0.0297. The first-order valence-electron chi connectivity index (χ1n) is 10.9. The molecule has 1 aliphatic heterocycles. The lowest BCUT2D eigenvalue weighted by atomic mass is 10.0. The van der Waals surface area contributed by atoms with Gasteiger partial charge in [0.15, 0.2) is 5.65 Å². The van der Waals surface area contributed by atoms with Gasteiger partial charge in [0.2, 0.25) is 0 Å². The van der Waals surface area contributed by atoms with E-state index in [9.17, 15) is 4.79 Å². The molecule has 0 N–H and O–H groups in total. The van der Waals surface area contributed by atoms with Crippen LogP contribution >= 0.6 is 0 Å². The van der Waals surface area contributed by atoms with Crippen LogP contribution in [0, 0.1) is 6.92 Å². The molecule has 7 nitrogen and oxygen atoms in total. The summed E-state index contributed by atoms with van der Waals surface area (Å²) in [4.78, 5) is 20.8. The highest BCUT2D eigenvalue weighted by molar-refractivity contribution is 6.06. The zero-order valence-electron chi connectivity index (χ0n) is 18.5. The number of likely N-dealkylation sites (tertiary alicyclic amines) is 1. The van der Waals surface area contributed by atoms with Crippen LogP contribution in [0.1, 0.15) is 65.0 Å². The maximum atomic E-state index is 13.9. The summed E-state index contributed by atoms with van der Waals surface area (Å²) in [6, 6.07) is 7.81. The number of nitrogens with zero attached hydrogens (tertiary/aromatic N) is 4. The van der Waals surface area contributed by atoms with Crippen LogP contribution in [0.3, 0.4) is 0 Å². The van der Waals surface area contributed by atoms with Crippen LogP contribution in [0.15, 0.2) is 24.3 Å². The average Bonchev–Trinajstić information content (AvgIpc) is 3.46. The number of pyridine rings is 1. The number of carbonyl (C=O) groups excluding carboxylic acids is 1. The van der Waals surface area contributed by atoms with Crippen molar-refractivity contribution in [1.29, 1.82) is 0 Å². The number of rotatable bonds is 5. The molecule has 2 fully saturated rings. The third-order valence-electron chi connectivity index (χ3n) is 6.53. The fraction of sp³-hybridized carbons (Fsp3) is 0.458. The maximum Gasteiger partial charge on any atom is 0.255 e. The van der Waals surface area contributed by atoms with Crippen molar-refractivity contribution in [2.45, 2.75) is 44.6 Å². The van der Waals surface area contributed by atoms with Crippen molar-refractivity contribution in [3.63, 3.8) is 0 Å². The van der Waals surface area contributed by atoms with Crippen molar-refractivity contribution in [2.75, 3.05) is 20.8 Å². The van der Waals surface area contributed by atoms with E-state index in [4.69, 9.17) is 14.5 Å². The van der Waals surface area contributed by atoms with E-state index >= 15 is 0 Å². The number of amides is 1. The van der Waals surface area contributed by atoms with E-state index in [1.807, 2.05) is 43.1 Å².